The van der Waals surface area contributed by atoms with Crippen LogP contribution in [0.2, 0.25) is 0 Å². The fraction of sp³-hybridized carbons (Fsp3) is 0. The zero-order chi connectivity index (χ0) is 26.2. The van der Waals surface area contributed by atoms with Gasteiger partial charge in [0.05, 0.1) is 0 Å². The van der Waals surface area contributed by atoms with Gasteiger partial charge in [0.15, 0.2) is 29.8 Å². The minimum atomic E-state index is -3.09. The second-order valence-corrected chi connectivity index (χ2v) is 210. The SMILES string of the molecule is Cl[Si]1(Cl)[Si](Br)(Br)B([Si](Br)(Br)B2[Si](Br)(Br)[Si](Br)(Br)[Si](Br)(Br)[Si](Br)(Br)[Si]2(Br)Br)[Si](Br)(Br)[Si]1(Cl)Cl. The van der Waals surface area contributed by atoms with Crippen LogP contribution in [0.1, 0.15) is 0 Å². The van der Waals surface area contributed by atoms with E-state index in [0.717, 1.165) is 0 Å². The zero-order valence-electron chi connectivity index (χ0n) is 13.7. The first-order chi connectivity index (χ1) is 13.5. The largest absolute Gasteiger partial charge is 0.277 e. The van der Waals surface area contributed by atoms with E-state index < -0.39 is 48.4 Å². The monoisotopic (exact) mass is 1700 g/mol. The molecule has 0 amide bonds. The standard InChI is InChI=1S/B2Br16Cl4Si10/c3-23(4,2-26(9,10)31(19,20)32(21,22)27(2,11)12)1-24(5,6)28(13,14)30(17,18)29(15,16)25(1,7)8. The van der Waals surface area contributed by atoms with Gasteiger partial charge in [-0.25, -0.2) is 0 Å². The molecule has 32 heteroatoms. The van der Waals surface area contributed by atoms with Gasteiger partial charge in [-0.2, -0.15) is 0 Å². The normalized spacial score (nSPS) is 32.6. The smallest absolute Gasteiger partial charge is 0.149 e. The molecule has 2 fully saturated rings. The first kappa shape index (κ1) is 39.3. The summed E-state index contributed by atoms with van der Waals surface area (Å²) in [4.78, 5) is 0. The molecule has 0 bridgehead atoms. The Kier molecular flexibility index (Phi) is 14.7. The van der Waals surface area contributed by atoms with Crippen molar-refractivity contribution in [3.63, 3.8) is 0 Å². The molecule has 0 aromatic rings. The molecular formula is B2Br16Cl4Si10. The number of rotatable bonds is 2. The second kappa shape index (κ2) is 12.0. The van der Waals surface area contributed by atoms with Gasteiger partial charge in [-0.1, -0.05) is 0 Å². The summed E-state index contributed by atoms with van der Waals surface area (Å²) in [6, 6.07) is 0. The molecule has 0 N–H and O–H groups in total. The van der Waals surface area contributed by atoms with Crippen LogP contribution in [0.4, 0.5) is 0 Å². The zero-order valence-corrected chi connectivity index (χ0v) is 52.1. The van der Waals surface area contributed by atoms with Crippen LogP contribution < -0.4 is 0 Å². The Morgan fingerprint density at radius 3 is 0.875 bits per heavy atom. The maximum atomic E-state index is 7.15. The van der Waals surface area contributed by atoms with Gasteiger partial charge in [-0.3, -0.25) is 0 Å². The minimum Gasteiger partial charge on any atom is -0.149 e. The van der Waals surface area contributed by atoms with E-state index in [1.807, 2.05) is 0 Å². The summed E-state index contributed by atoms with van der Waals surface area (Å²) in [6.07, 6.45) is 0. The van der Waals surface area contributed by atoms with Gasteiger partial charge in [-0.15, -0.1) is 289 Å². The van der Waals surface area contributed by atoms with Crippen molar-refractivity contribution < 1.29 is 0 Å². The van der Waals surface area contributed by atoms with E-state index in [-0.39, 0.29) is 11.0 Å². The van der Waals surface area contributed by atoms with E-state index in [9.17, 15) is 0 Å². The summed E-state index contributed by atoms with van der Waals surface area (Å²) in [7, 11) is 0. The van der Waals surface area contributed by atoms with Crippen LogP contribution in [-0.2, 0) is 0 Å². The number of hydrogen-bond acceptors (Lipinski definition) is 0. The maximum Gasteiger partial charge on any atom is 0.277 e. The topological polar surface area (TPSA) is 0 Å². The summed E-state index contributed by atoms with van der Waals surface area (Å²) < 4.78 is -17.1. The van der Waals surface area contributed by atoms with Crippen molar-refractivity contribution in [3.8, 4) is 0 Å². The van der Waals surface area contributed by atoms with Crippen LogP contribution in [0.5, 0.6) is 0 Å². The van der Waals surface area contributed by atoms with E-state index in [1.54, 1.807) is 0 Å². The highest BCUT2D eigenvalue weighted by Crippen LogP contribution is 2.71. The third-order valence-electron chi connectivity index (χ3n) is 5.08. The van der Waals surface area contributed by atoms with Gasteiger partial charge < -0.3 is 0 Å². The van der Waals surface area contributed by atoms with Crippen molar-refractivity contribution >= 4 is 348 Å². The van der Waals surface area contributed by atoms with E-state index in [2.05, 4.69) is 245 Å². The average molecular weight is 1720 g/mol. The molecule has 2 heterocycles. The fourth-order valence-electron chi connectivity index (χ4n) is 3.35. The molecule has 2 aliphatic rings. The molecule has 0 aromatic carbocycles. The molecular weight excluding hydrogens is 1720 g/mol. The van der Waals surface area contributed by atoms with E-state index in [0.29, 0.717) is 0 Å². The van der Waals surface area contributed by atoms with Crippen LogP contribution in [0.3, 0.4) is 0 Å². The Morgan fingerprint density at radius 2 is 0.625 bits per heavy atom. The van der Waals surface area contributed by atoms with E-state index >= 15 is 0 Å². The Bertz CT molecular complexity index is 755. The Balaban J connectivity index is 2.94. The Labute approximate surface area is 339 Å². The quantitative estimate of drug-likeness (QED) is 0.191. The molecule has 0 aliphatic carbocycles. The molecule has 186 valence electrons. The maximum absolute atomic E-state index is 7.15. The Morgan fingerprint density at radius 1 is 0.406 bits per heavy atom. The molecule has 2 rings (SSSR count). The van der Waals surface area contributed by atoms with Crippen molar-refractivity contribution in [2.75, 3.05) is 0 Å². The van der Waals surface area contributed by atoms with Gasteiger partial charge in [0, 0.05) is 0 Å². The molecule has 0 atom stereocenters. The Hall–Kier alpha value is 11.1. The molecule has 0 spiro atoms. The van der Waals surface area contributed by atoms with E-state index in [4.69, 9.17) is 44.3 Å². The van der Waals surface area contributed by atoms with Crippen molar-refractivity contribution in [1.82, 2.24) is 0 Å². The molecule has 2 saturated heterocycles. The highest BCUT2D eigenvalue weighted by molar-refractivity contribution is 9.85. The van der Waals surface area contributed by atoms with Gasteiger partial charge in [0.25, 0.3) is 11.5 Å². The minimum absolute atomic E-state index is 0.0224. The molecule has 0 saturated carbocycles. The average Bonchev–Trinajstić information content (AvgIpc) is 2.57. The van der Waals surface area contributed by atoms with Crippen molar-refractivity contribution in [2.45, 2.75) is 0 Å². The summed E-state index contributed by atoms with van der Waals surface area (Å²) in [5.74, 6) is 0. The molecule has 0 aromatic heterocycles. The fourth-order valence-corrected chi connectivity index (χ4v) is 659. The van der Waals surface area contributed by atoms with Gasteiger partial charge in [0.1, 0.15) is 5.05 Å². The molecule has 0 nitrogen and oxygen atoms in total. The molecule has 2 aliphatic heterocycles. The van der Waals surface area contributed by atoms with Crippen molar-refractivity contribution in [3.05, 3.63) is 0 Å². The number of halogens is 20. The lowest BCUT2D eigenvalue weighted by Gasteiger charge is -2.59. The van der Waals surface area contributed by atoms with Crippen LogP contribution in [-0.4, -0.2) is 59.3 Å². The van der Waals surface area contributed by atoms with Gasteiger partial charge in [-0.05, 0) is 0 Å². The van der Waals surface area contributed by atoms with Gasteiger partial charge in [0.2, 0.25) is 13.0 Å². The van der Waals surface area contributed by atoms with Crippen molar-refractivity contribution in [1.29, 1.82) is 0 Å². The first-order valence-corrected chi connectivity index (χ1v) is 74.9. The lowest BCUT2D eigenvalue weighted by molar-refractivity contribution is 3.31. The summed E-state index contributed by atoms with van der Waals surface area (Å²) in [5, 5.41) is -2.67. The second-order valence-electron chi connectivity index (χ2n) is 6.90. The lowest BCUT2D eigenvalue weighted by atomic mass is 10.6. The summed E-state index contributed by atoms with van der Waals surface area (Å²) >= 11 is 95.8. The highest BCUT2D eigenvalue weighted by Gasteiger charge is 2.95. The molecule has 0 radical (unpaired) electrons. The molecule has 32 heavy (non-hydrogen) atoms. The third kappa shape index (κ3) is 5.46. The predicted molar refractivity (Wildman–Crippen MR) is 235 cm³/mol. The van der Waals surface area contributed by atoms with E-state index in [1.165, 1.54) is 0 Å². The summed E-state index contributed by atoms with van der Waals surface area (Å²) in [6.45, 7) is 0. The van der Waals surface area contributed by atoms with Crippen LogP contribution in [0.25, 0.3) is 0 Å². The third-order valence-corrected chi connectivity index (χ3v) is 431. The lowest BCUT2D eigenvalue weighted by Crippen LogP contribution is -2.95. The van der Waals surface area contributed by atoms with Crippen LogP contribution in [0, 0.1) is 0 Å². The van der Waals surface area contributed by atoms with Gasteiger partial charge >= 0.3 is 0 Å². The highest BCUT2D eigenvalue weighted by atomic mass is 80.0. The van der Waals surface area contributed by atoms with Crippen LogP contribution in [0.15, 0.2) is 0 Å². The van der Waals surface area contributed by atoms with Crippen LogP contribution >= 0.6 is 289 Å². The predicted octanol–water partition coefficient (Wildman–Crippen LogP) is 11.7. The van der Waals surface area contributed by atoms with Crippen molar-refractivity contribution in [2.24, 2.45) is 0 Å². The molecule has 0 unspecified atom stereocenters. The number of hydrogen-bond donors (Lipinski definition) is 0. The first-order valence-electron chi connectivity index (χ1n) is 7.26. The summed E-state index contributed by atoms with van der Waals surface area (Å²) in [5.41, 5.74) is -5.99.